The topological polar surface area (TPSA) is 81.4 Å². The molecule has 0 heterocycles. The van der Waals surface area contributed by atoms with Gasteiger partial charge >= 0.3 is 5.97 Å². The molecule has 0 spiro atoms. The molecular formula is C13H16N2O3. The molecule has 5 nitrogen and oxygen atoms in total. The van der Waals surface area contributed by atoms with Crippen molar-refractivity contribution in [1.29, 1.82) is 0 Å². The normalized spacial score (nSPS) is 9.61. The Kier molecular flexibility index (Phi) is 4.92. The zero-order valence-electron chi connectivity index (χ0n) is 10.2. The van der Waals surface area contributed by atoms with Crippen LogP contribution in [0.15, 0.2) is 36.4 Å². The van der Waals surface area contributed by atoms with Crippen LogP contribution in [0.25, 0.3) is 0 Å². The van der Waals surface area contributed by atoms with E-state index in [-0.39, 0.29) is 19.1 Å². The minimum absolute atomic E-state index is 0.160. The number of benzene rings is 1. The number of anilines is 1. The summed E-state index contributed by atoms with van der Waals surface area (Å²) in [7, 11) is 0. The number of hydrogen-bond donors (Lipinski definition) is 2. The Hall–Kier alpha value is -2.30. The van der Waals surface area contributed by atoms with E-state index in [4.69, 9.17) is 10.5 Å². The Bertz CT molecular complexity index is 469. The SMILES string of the molecule is C=C(C)C(=O)OCNC(=O)Cc1cccc(N)c1. The molecule has 0 aliphatic heterocycles. The van der Waals surface area contributed by atoms with Gasteiger partial charge in [0.2, 0.25) is 5.91 Å². The van der Waals surface area contributed by atoms with Crippen molar-refractivity contribution < 1.29 is 14.3 Å². The van der Waals surface area contributed by atoms with Crippen LogP contribution < -0.4 is 11.1 Å². The predicted octanol–water partition coefficient (Wildman–Crippen LogP) is 1.00. The van der Waals surface area contributed by atoms with E-state index in [2.05, 4.69) is 11.9 Å². The summed E-state index contributed by atoms with van der Waals surface area (Å²) >= 11 is 0. The number of carbonyl (C=O) groups excluding carboxylic acids is 2. The molecule has 0 atom stereocenters. The molecule has 0 bridgehead atoms. The Morgan fingerprint density at radius 1 is 1.44 bits per heavy atom. The van der Waals surface area contributed by atoms with E-state index in [0.717, 1.165) is 5.56 Å². The summed E-state index contributed by atoms with van der Waals surface area (Å²) in [5, 5.41) is 2.47. The number of carbonyl (C=O) groups is 2. The number of nitrogens with two attached hydrogens (primary N) is 1. The number of hydrogen-bond acceptors (Lipinski definition) is 4. The van der Waals surface area contributed by atoms with Crippen molar-refractivity contribution >= 4 is 17.6 Å². The van der Waals surface area contributed by atoms with Crippen LogP contribution in [0.3, 0.4) is 0 Å². The first-order valence-corrected chi connectivity index (χ1v) is 5.43. The van der Waals surface area contributed by atoms with Gasteiger partial charge in [-0.3, -0.25) is 4.79 Å². The lowest BCUT2D eigenvalue weighted by Gasteiger charge is -2.07. The van der Waals surface area contributed by atoms with Crippen molar-refractivity contribution in [2.75, 3.05) is 12.5 Å². The molecule has 0 aliphatic rings. The summed E-state index contributed by atoms with van der Waals surface area (Å²) < 4.78 is 4.74. The fraction of sp³-hybridized carbons (Fsp3) is 0.231. The highest BCUT2D eigenvalue weighted by atomic mass is 16.5. The van der Waals surface area contributed by atoms with Crippen molar-refractivity contribution in [3.8, 4) is 0 Å². The molecule has 0 fully saturated rings. The van der Waals surface area contributed by atoms with Gasteiger partial charge in [-0.25, -0.2) is 4.79 Å². The average molecular weight is 248 g/mol. The van der Waals surface area contributed by atoms with Gasteiger partial charge in [0.25, 0.3) is 0 Å². The molecule has 3 N–H and O–H groups in total. The van der Waals surface area contributed by atoms with Crippen molar-refractivity contribution in [2.24, 2.45) is 0 Å². The van der Waals surface area contributed by atoms with Crippen molar-refractivity contribution in [2.45, 2.75) is 13.3 Å². The van der Waals surface area contributed by atoms with E-state index in [1.807, 2.05) is 0 Å². The van der Waals surface area contributed by atoms with Gasteiger partial charge in [-0.15, -0.1) is 0 Å². The molecule has 1 aromatic carbocycles. The lowest BCUT2D eigenvalue weighted by atomic mass is 10.1. The van der Waals surface area contributed by atoms with E-state index < -0.39 is 5.97 Å². The number of amides is 1. The fourth-order valence-corrected chi connectivity index (χ4v) is 1.26. The van der Waals surface area contributed by atoms with Gasteiger partial charge in [0.1, 0.15) is 0 Å². The second-order valence-corrected chi connectivity index (χ2v) is 3.88. The van der Waals surface area contributed by atoms with E-state index in [1.165, 1.54) is 6.92 Å². The molecule has 1 amide bonds. The Morgan fingerprint density at radius 2 is 2.17 bits per heavy atom. The standard InChI is InChI=1S/C13H16N2O3/c1-9(2)13(17)18-8-15-12(16)7-10-4-3-5-11(14)6-10/h3-6H,1,7-8,14H2,2H3,(H,15,16). The highest BCUT2D eigenvalue weighted by molar-refractivity contribution is 5.87. The van der Waals surface area contributed by atoms with Gasteiger partial charge in [-0.05, 0) is 24.6 Å². The van der Waals surface area contributed by atoms with Gasteiger partial charge in [0.05, 0.1) is 6.42 Å². The first-order chi connectivity index (χ1) is 8.49. The summed E-state index contributed by atoms with van der Waals surface area (Å²) in [5.74, 6) is -0.769. The maximum atomic E-state index is 11.5. The summed E-state index contributed by atoms with van der Waals surface area (Å²) in [6.07, 6.45) is 0.190. The van der Waals surface area contributed by atoms with Crippen LogP contribution in [0.2, 0.25) is 0 Å². The third-order valence-electron chi connectivity index (χ3n) is 2.14. The smallest absolute Gasteiger partial charge is 0.334 e. The van der Waals surface area contributed by atoms with E-state index in [0.29, 0.717) is 11.3 Å². The maximum Gasteiger partial charge on any atom is 0.334 e. The van der Waals surface area contributed by atoms with Gasteiger partial charge < -0.3 is 15.8 Å². The van der Waals surface area contributed by atoms with E-state index in [1.54, 1.807) is 24.3 Å². The second-order valence-electron chi connectivity index (χ2n) is 3.88. The van der Waals surface area contributed by atoms with Crippen LogP contribution >= 0.6 is 0 Å². The third-order valence-corrected chi connectivity index (χ3v) is 2.14. The lowest BCUT2D eigenvalue weighted by molar-refractivity contribution is -0.140. The second kappa shape index (κ2) is 6.44. The number of esters is 1. The number of nitrogen functional groups attached to an aromatic ring is 1. The van der Waals surface area contributed by atoms with Crippen LogP contribution in [0.5, 0.6) is 0 Å². The largest absolute Gasteiger partial charge is 0.441 e. The zero-order valence-corrected chi connectivity index (χ0v) is 10.2. The molecule has 0 saturated heterocycles. The highest BCUT2D eigenvalue weighted by Gasteiger charge is 2.06. The summed E-state index contributed by atoms with van der Waals surface area (Å²) in [4.78, 5) is 22.5. The predicted molar refractivity (Wildman–Crippen MR) is 68.5 cm³/mol. The number of ether oxygens (including phenoxy) is 1. The van der Waals surface area contributed by atoms with Crippen molar-refractivity contribution in [3.05, 3.63) is 42.0 Å². The van der Waals surface area contributed by atoms with E-state index >= 15 is 0 Å². The van der Waals surface area contributed by atoms with Crippen molar-refractivity contribution in [1.82, 2.24) is 5.32 Å². The molecule has 0 aliphatic carbocycles. The van der Waals surface area contributed by atoms with Crippen LogP contribution in [0, 0.1) is 0 Å². The van der Waals surface area contributed by atoms with Crippen LogP contribution in [0.1, 0.15) is 12.5 Å². The maximum absolute atomic E-state index is 11.5. The highest BCUT2D eigenvalue weighted by Crippen LogP contribution is 2.06. The number of nitrogens with one attached hydrogen (secondary N) is 1. The molecule has 0 saturated carbocycles. The van der Waals surface area contributed by atoms with Crippen LogP contribution in [0.4, 0.5) is 5.69 Å². The Balaban J connectivity index is 2.34. The molecule has 0 unspecified atom stereocenters. The molecule has 5 heteroatoms. The monoisotopic (exact) mass is 248 g/mol. The van der Waals surface area contributed by atoms with E-state index in [9.17, 15) is 9.59 Å². The first kappa shape index (κ1) is 13.8. The Labute approximate surface area is 106 Å². The molecular weight excluding hydrogens is 232 g/mol. The van der Waals surface area contributed by atoms with Gasteiger partial charge in [0.15, 0.2) is 6.73 Å². The van der Waals surface area contributed by atoms with Crippen LogP contribution in [-0.2, 0) is 20.7 Å². The molecule has 18 heavy (non-hydrogen) atoms. The third kappa shape index (κ3) is 4.69. The number of rotatable bonds is 5. The van der Waals surface area contributed by atoms with Gasteiger partial charge in [0, 0.05) is 11.3 Å². The average Bonchev–Trinajstić information content (AvgIpc) is 2.28. The summed E-state index contributed by atoms with van der Waals surface area (Å²) in [6.45, 7) is 4.81. The van der Waals surface area contributed by atoms with Crippen molar-refractivity contribution in [3.63, 3.8) is 0 Å². The quantitative estimate of drug-likeness (QED) is 0.352. The lowest BCUT2D eigenvalue weighted by Crippen LogP contribution is -2.29. The van der Waals surface area contributed by atoms with Gasteiger partial charge in [-0.1, -0.05) is 18.7 Å². The first-order valence-electron chi connectivity index (χ1n) is 5.43. The minimum atomic E-state index is -0.528. The molecule has 1 rings (SSSR count). The summed E-state index contributed by atoms with van der Waals surface area (Å²) in [5.41, 5.74) is 7.30. The minimum Gasteiger partial charge on any atom is -0.441 e. The Morgan fingerprint density at radius 3 is 2.78 bits per heavy atom. The fourth-order valence-electron chi connectivity index (χ4n) is 1.26. The molecule has 1 aromatic rings. The summed E-state index contributed by atoms with van der Waals surface area (Å²) in [6, 6.07) is 7.05. The van der Waals surface area contributed by atoms with Gasteiger partial charge in [-0.2, -0.15) is 0 Å². The molecule has 0 radical (unpaired) electrons. The molecule has 96 valence electrons. The zero-order chi connectivity index (χ0) is 13.5. The van der Waals surface area contributed by atoms with Crippen LogP contribution in [-0.4, -0.2) is 18.6 Å². The molecule has 0 aromatic heterocycles.